The average molecular weight is 235 g/mol. The molecule has 1 aromatic heterocycles. The van der Waals surface area contributed by atoms with E-state index in [4.69, 9.17) is 11.5 Å². The van der Waals surface area contributed by atoms with Gasteiger partial charge in [-0.3, -0.25) is 14.6 Å². The quantitative estimate of drug-likeness (QED) is 0.680. The molecule has 0 spiro atoms. The van der Waals surface area contributed by atoms with Gasteiger partial charge in [-0.05, 0) is 25.0 Å². The molecule has 0 saturated heterocycles. The molecule has 2 amide bonds. The van der Waals surface area contributed by atoms with Gasteiger partial charge in [0.25, 0.3) is 0 Å². The molecular formula is C12H17N3O2. The highest BCUT2D eigenvalue weighted by atomic mass is 16.1. The van der Waals surface area contributed by atoms with Crippen LogP contribution in [0.25, 0.3) is 0 Å². The number of hydrogen-bond donors (Lipinski definition) is 2. The van der Waals surface area contributed by atoms with Gasteiger partial charge in [0, 0.05) is 12.6 Å². The number of nitrogens with zero attached hydrogens (tertiary/aromatic N) is 1. The molecule has 0 aliphatic rings. The molecule has 17 heavy (non-hydrogen) atoms. The van der Waals surface area contributed by atoms with Crippen LogP contribution in [0.1, 0.15) is 37.3 Å². The molecule has 5 nitrogen and oxygen atoms in total. The highest BCUT2D eigenvalue weighted by Crippen LogP contribution is 2.19. The van der Waals surface area contributed by atoms with Gasteiger partial charge < -0.3 is 11.5 Å². The second kappa shape index (κ2) is 6.62. The van der Waals surface area contributed by atoms with Crippen molar-refractivity contribution in [1.82, 2.24) is 4.98 Å². The first kappa shape index (κ1) is 13.2. The van der Waals surface area contributed by atoms with Crippen LogP contribution in [-0.2, 0) is 9.59 Å². The number of unbranched alkanes of at least 4 members (excludes halogenated alkanes) is 1. The minimum absolute atomic E-state index is 0.321. The minimum Gasteiger partial charge on any atom is -0.370 e. The summed E-state index contributed by atoms with van der Waals surface area (Å²) in [5.41, 5.74) is 11.1. The third-order valence-corrected chi connectivity index (χ3v) is 2.55. The summed E-state index contributed by atoms with van der Waals surface area (Å²) >= 11 is 0. The van der Waals surface area contributed by atoms with Gasteiger partial charge in [-0.15, -0.1) is 0 Å². The zero-order valence-electron chi connectivity index (χ0n) is 9.63. The zero-order chi connectivity index (χ0) is 12.7. The molecule has 0 radical (unpaired) electrons. The first-order valence-electron chi connectivity index (χ1n) is 5.60. The number of nitrogens with two attached hydrogens (primary N) is 2. The number of carbonyl (C=O) groups excluding carboxylic acids is 2. The molecule has 0 fully saturated rings. The van der Waals surface area contributed by atoms with E-state index in [0.717, 1.165) is 6.42 Å². The van der Waals surface area contributed by atoms with Crippen LogP contribution in [0, 0.1) is 0 Å². The highest BCUT2D eigenvalue weighted by molar-refractivity contribution is 5.81. The van der Waals surface area contributed by atoms with Crippen molar-refractivity contribution < 1.29 is 9.59 Å². The fourth-order valence-electron chi connectivity index (χ4n) is 1.67. The Morgan fingerprint density at radius 2 is 2.00 bits per heavy atom. The van der Waals surface area contributed by atoms with Crippen molar-refractivity contribution in [2.45, 2.75) is 31.6 Å². The van der Waals surface area contributed by atoms with Gasteiger partial charge >= 0.3 is 0 Å². The maximum atomic E-state index is 11.3. The average Bonchev–Trinajstić information content (AvgIpc) is 2.29. The number of amides is 2. The normalized spacial score (nSPS) is 12.0. The number of hydrogen-bond acceptors (Lipinski definition) is 3. The Morgan fingerprint density at radius 3 is 2.53 bits per heavy atom. The molecule has 5 heteroatoms. The van der Waals surface area contributed by atoms with Crippen molar-refractivity contribution in [1.29, 1.82) is 0 Å². The van der Waals surface area contributed by atoms with Crippen molar-refractivity contribution in [2.75, 3.05) is 0 Å². The Balaban J connectivity index is 2.51. The van der Waals surface area contributed by atoms with Gasteiger partial charge in [0.2, 0.25) is 11.8 Å². The fraction of sp³-hybridized carbons (Fsp3) is 0.417. The third kappa shape index (κ3) is 4.63. The lowest BCUT2D eigenvalue weighted by molar-refractivity contribution is -0.119. The van der Waals surface area contributed by atoms with Crippen molar-refractivity contribution in [3.63, 3.8) is 0 Å². The molecule has 1 atom stereocenters. The lowest BCUT2D eigenvalue weighted by Crippen LogP contribution is -2.22. The van der Waals surface area contributed by atoms with Crippen LogP contribution >= 0.6 is 0 Å². The third-order valence-electron chi connectivity index (χ3n) is 2.55. The van der Waals surface area contributed by atoms with Gasteiger partial charge in [0.1, 0.15) is 0 Å². The molecule has 4 N–H and O–H groups in total. The molecule has 1 aromatic rings. The Hall–Kier alpha value is -1.91. The van der Waals surface area contributed by atoms with Crippen LogP contribution in [0.4, 0.5) is 0 Å². The molecule has 0 saturated carbocycles. The summed E-state index contributed by atoms with van der Waals surface area (Å²) in [4.78, 5) is 26.0. The molecule has 0 aliphatic carbocycles. The summed E-state index contributed by atoms with van der Waals surface area (Å²) in [6, 6.07) is 5.39. The van der Waals surface area contributed by atoms with Crippen LogP contribution in [0.3, 0.4) is 0 Å². The summed E-state index contributed by atoms with van der Waals surface area (Å²) in [5.74, 6) is -1.09. The van der Waals surface area contributed by atoms with E-state index in [2.05, 4.69) is 4.98 Å². The summed E-state index contributed by atoms with van der Waals surface area (Å²) in [7, 11) is 0. The molecule has 0 aromatic carbocycles. The first-order chi connectivity index (χ1) is 8.11. The van der Waals surface area contributed by atoms with Crippen molar-refractivity contribution in [3.8, 4) is 0 Å². The maximum Gasteiger partial charge on any atom is 0.226 e. The smallest absolute Gasteiger partial charge is 0.226 e. The zero-order valence-corrected chi connectivity index (χ0v) is 9.63. The van der Waals surface area contributed by atoms with E-state index in [1.54, 1.807) is 18.3 Å². The standard InChI is InChI=1S/C12H17N3O2/c13-11(16)7-2-1-5-9(12(14)17)10-6-3-4-8-15-10/h3-4,6,8-9H,1-2,5,7H2,(H2,13,16)(H2,14,17). The van der Waals surface area contributed by atoms with Gasteiger partial charge in [-0.25, -0.2) is 0 Å². The van der Waals surface area contributed by atoms with Crippen LogP contribution in [-0.4, -0.2) is 16.8 Å². The predicted octanol–water partition coefficient (Wildman–Crippen LogP) is 0.696. The van der Waals surface area contributed by atoms with Crippen molar-refractivity contribution in [2.24, 2.45) is 11.5 Å². The Kier molecular flexibility index (Phi) is 5.13. The largest absolute Gasteiger partial charge is 0.370 e. The van der Waals surface area contributed by atoms with E-state index >= 15 is 0 Å². The number of carbonyl (C=O) groups is 2. The lowest BCUT2D eigenvalue weighted by atomic mass is 9.96. The Bertz CT molecular complexity index is 379. The first-order valence-corrected chi connectivity index (χ1v) is 5.60. The summed E-state index contributed by atoms with van der Waals surface area (Å²) in [6.45, 7) is 0. The predicted molar refractivity (Wildman–Crippen MR) is 63.8 cm³/mol. The van der Waals surface area contributed by atoms with E-state index in [-0.39, 0.29) is 17.7 Å². The summed E-state index contributed by atoms with van der Waals surface area (Å²) < 4.78 is 0. The van der Waals surface area contributed by atoms with E-state index in [1.165, 1.54) is 0 Å². The maximum absolute atomic E-state index is 11.3. The summed E-state index contributed by atoms with van der Waals surface area (Å²) in [5, 5.41) is 0. The Morgan fingerprint density at radius 1 is 1.24 bits per heavy atom. The molecule has 92 valence electrons. The Labute approximate surface area is 100 Å². The van der Waals surface area contributed by atoms with Crippen LogP contribution < -0.4 is 11.5 Å². The van der Waals surface area contributed by atoms with E-state index in [9.17, 15) is 9.59 Å². The van der Waals surface area contributed by atoms with Gasteiger partial charge in [0.05, 0.1) is 11.6 Å². The number of pyridine rings is 1. The van der Waals surface area contributed by atoms with E-state index in [0.29, 0.717) is 25.0 Å². The second-order valence-corrected chi connectivity index (χ2v) is 3.92. The van der Waals surface area contributed by atoms with Crippen LogP contribution in [0.5, 0.6) is 0 Å². The SMILES string of the molecule is NC(=O)CCCCC(C(N)=O)c1ccccn1. The molecule has 0 aliphatic heterocycles. The van der Waals surface area contributed by atoms with Gasteiger partial charge in [-0.2, -0.15) is 0 Å². The van der Waals surface area contributed by atoms with Crippen molar-refractivity contribution >= 4 is 11.8 Å². The monoisotopic (exact) mass is 235 g/mol. The molecule has 1 heterocycles. The van der Waals surface area contributed by atoms with E-state index < -0.39 is 0 Å². The summed E-state index contributed by atoms with van der Waals surface area (Å²) in [6.07, 6.45) is 3.97. The molecule has 1 unspecified atom stereocenters. The van der Waals surface area contributed by atoms with Crippen LogP contribution in [0.2, 0.25) is 0 Å². The number of primary amides is 2. The number of aromatic nitrogens is 1. The number of rotatable bonds is 7. The topological polar surface area (TPSA) is 99.1 Å². The fourth-order valence-corrected chi connectivity index (χ4v) is 1.67. The lowest BCUT2D eigenvalue weighted by Gasteiger charge is -2.11. The second-order valence-electron chi connectivity index (χ2n) is 3.92. The molecule has 0 bridgehead atoms. The minimum atomic E-state index is -0.386. The molecular weight excluding hydrogens is 218 g/mol. The van der Waals surface area contributed by atoms with Crippen molar-refractivity contribution in [3.05, 3.63) is 30.1 Å². The van der Waals surface area contributed by atoms with Gasteiger partial charge in [0.15, 0.2) is 0 Å². The van der Waals surface area contributed by atoms with Crippen LogP contribution in [0.15, 0.2) is 24.4 Å². The van der Waals surface area contributed by atoms with Gasteiger partial charge in [-0.1, -0.05) is 12.5 Å². The molecule has 1 rings (SSSR count). The van der Waals surface area contributed by atoms with E-state index in [1.807, 2.05) is 6.07 Å². The highest BCUT2D eigenvalue weighted by Gasteiger charge is 2.18.